The van der Waals surface area contributed by atoms with E-state index >= 15 is 0 Å². The molecule has 3 rings (SSSR count). The van der Waals surface area contributed by atoms with Gasteiger partial charge in [0.05, 0.1) is 0 Å². The van der Waals surface area contributed by atoms with Crippen LogP contribution in [0.25, 0.3) is 0 Å². The summed E-state index contributed by atoms with van der Waals surface area (Å²) in [5, 5.41) is 3.36. The molecule has 0 saturated carbocycles. The van der Waals surface area contributed by atoms with Crippen molar-refractivity contribution in [1.29, 1.82) is 0 Å². The highest BCUT2D eigenvalue weighted by atomic mass is 16.2. The van der Waals surface area contributed by atoms with Crippen LogP contribution in [0, 0.1) is 0 Å². The second-order valence-corrected chi connectivity index (χ2v) is 4.97. The number of carbonyl (C=O) groups excluding carboxylic acids is 1. The highest BCUT2D eigenvalue weighted by Crippen LogP contribution is 2.24. The Hall–Kier alpha value is -2.36. The van der Waals surface area contributed by atoms with Crippen molar-refractivity contribution in [2.24, 2.45) is 0 Å². The van der Waals surface area contributed by atoms with E-state index < -0.39 is 0 Å². The Bertz CT molecular complexity index is 625. The van der Waals surface area contributed by atoms with Gasteiger partial charge in [0.25, 0.3) is 5.91 Å². The minimum atomic E-state index is 0.00423. The van der Waals surface area contributed by atoms with E-state index in [4.69, 9.17) is 0 Å². The summed E-state index contributed by atoms with van der Waals surface area (Å²) < 4.78 is 0. The number of fused-ring (bicyclic) bond motifs is 1. The quantitative estimate of drug-likeness (QED) is 0.910. The standard InChI is InChI=1S/C16H17N3O/c1-19(14-6-9-17-10-7-14)16(20)13-4-5-15-12(11-13)3-2-8-18-15/h4-7,9-11,18H,2-3,8H2,1H3. The number of nitrogens with zero attached hydrogens (tertiary/aromatic N) is 2. The summed E-state index contributed by atoms with van der Waals surface area (Å²) in [5.74, 6) is 0.00423. The van der Waals surface area contributed by atoms with Crippen molar-refractivity contribution >= 4 is 17.3 Å². The van der Waals surface area contributed by atoms with E-state index in [1.807, 2.05) is 30.3 Å². The Labute approximate surface area is 118 Å². The number of aromatic nitrogens is 1. The first-order valence-corrected chi connectivity index (χ1v) is 6.80. The summed E-state index contributed by atoms with van der Waals surface area (Å²) in [4.78, 5) is 18.1. The lowest BCUT2D eigenvalue weighted by Gasteiger charge is -2.21. The zero-order valence-electron chi connectivity index (χ0n) is 11.5. The molecule has 1 amide bonds. The third-order valence-corrected chi connectivity index (χ3v) is 3.65. The topological polar surface area (TPSA) is 45.2 Å². The van der Waals surface area contributed by atoms with Gasteiger partial charge in [0, 0.05) is 42.9 Å². The van der Waals surface area contributed by atoms with Crippen molar-refractivity contribution in [3.63, 3.8) is 0 Å². The maximum absolute atomic E-state index is 12.5. The van der Waals surface area contributed by atoms with Crippen LogP contribution in [0.1, 0.15) is 22.3 Å². The monoisotopic (exact) mass is 267 g/mol. The van der Waals surface area contributed by atoms with Crippen LogP contribution >= 0.6 is 0 Å². The van der Waals surface area contributed by atoms with Crippen molar-refractivity contribution in [1.82, 2.24) is 4.98 Å². The Kier molecular flexibility index (Phi) is 3.37. The zero-order chi connectivity index (χ0) is 13.9. The van der Waals surface area contributed by atoms with Crippen LogP contribution in [0.5, 0.6) is 0 Å². The molecular weight excluding hydrogens is 250 g/mol. The van der Waals surface area contributed by atoms with Gasteiger partial charge in [-0.05, 0) is 48.7 Å². The normalized spacial score (nSPS) is 13.2. The lowest BCUT2D eigenvalue weighted by molar-refractivity contribution is 0.0993. The number of aryl methyl sites for hydroxylation is 1. The highest BCUT2D eigenvalue weighted by Gasteiger charge is 2.16. The number of hydrogen-bond donors (Lipinski definition) is 1. The van der Waals surface area contributed by atoms with Crippen molar-refractivity contribution in [2.75, 3.05) is 23.8 Å². The molecule has 0 atom stereocenters. The average molecular weight is 267 g/mol. The van der Waals surface area contributed by atoms with Gasteiger partial charge in [-0.25, -0.2) is 0 Å². The van der Waals surface area contributed by atoms with E-state index in [1.54, 1.807) is 24.3 Å². The lowest BCUT2D eigenvalue weighted by Crippen LogP contribution is -2.26. The number of benzene rings is 1. The van der Waals surface area contributed by atoms with Gasteiger partial charge >= 0.3 is 0 Å². The van der Waals surface area contributed by atoms with E-state index in [-0.39, 0.29) is 5.91 Å². The average Bonchev–Trinajstić information content (AvgIpc) is 2.54. The molecule has 0 spiro atoms. The fourth-order valence-electron chi connectivity index (χ4n) is 2.49. The van der Waals surface area contributed by atoms with Crippen LogP contribution < -0.4 is 10.2 Å². The molecule has 1 N–H and O–H groups in total. The Morgan fingerprint density at radius 3 is 2.85 bits per heavy atom. The number of nitrogens with one attached hydrogen (secondary N) is 1. The molecule has 1 aliphatic heterocycles. The maximum Gasteiger partial charge on any atom is 0.258 e. The Morgan fingerprint density at radius 1 is 1.25 bits per heavy atom. The van der Waals surface area contributed by atoms with E-state index in [1.165, 1.54) is 5.56 Å². The number of anilines is 2. The second kappa shape index (κ2) is 5.33. The van der Waals surface area contributed by atoms with E-state index in [0.29, 0.717) is 0 Å². The number of hydrogen-bond acceptors (Lipinski definition) is 3. The highest BCUT2D eigenvalue weighted by molar-refractivity contribution is 6.06. The number of pyridine rings is 1. The Balaban J connectivity index is 1.87. The third-order valence-electron chi connectivity index (χ3n) is 3.65. The molecule has 4 heteroatoms. The minimum Gasteiger partial charge on any atom is -0.385 e. The van der Waals surface area contributed by atoms with Crippen LogP contribution in [-0.4, -0.2) is 24.5 Å². The largest absolute Gasteiger partial charge is 0.385 e. The first kappa shape index (κ1) is 12.7. The first-order valence-electron chi connectivity index (χ1n) is 6.80. The molecule has 20 heavy (non-hydrogen) atoms. The lowest BCUT2D eigenvalue weighted by atomic mass is 10.0. The minimum absolute atomic E-state index is 0.00423. The molecule has 2 aromatic rings. The SMILES string of the molecule is CN(C(=O)c1ccc2c(c1)CCCN2)c1ccncc1. The zero-order valence-corrected chi connectivity index (χ0v) is 11.5. The van der Waals surface area contributed by atoms with E-state index in [2.05, 4.69) is 10.3 Å². The molecule has 1 aromatic carbocycles. The fraction of sp³-hybridized carbons (Fsp3) is 0.250. The summed E-state index contributed by atoms with van der Waals surface area (Å²) in [6, 6.07) is 9.55. The van der Waals surface area contributed by atoms with Gasteiger partial charge < -0.3 is 10.2 Å². The number of rotatable bonds is 2. The molecule has 0 aliphatic carbocycles. The molecule has 1 aromatic heterocycles. The molecule has 0 radical (unpaired) electrons. The molecule has 0 unspecified atom stereocenters. The third kappa shape index (κ3) is 2.37. The molecule has 0 fully saturated rings. The van der Waals surface area contributed by atoms with Gasteiger partial charge in [-0.1, -0.05) is 0 Å². The molecule has 1 aliphatic rings. The van der Waals surface area contributed by atoms with Gasteiger partial charge in [-0.15, -0.1) is 0 Å². The predicted octanol–water partition coefficient (Wildman–Crippen LogP) is 2.72. The number of amides is 1. The molecule has 0 saturated heterocycles. The second-order valence-electron chi connectivity index (χ2n) is 4.97. The van der Waals surface area contributed by atoms with Crippen LogP contribution in [0.3, 0.4) is 0 Å². The van der Waals surface area contributed by atoms with Crippen LogP contribution in [0.2, 0.25) is 0 Å². The molecule has 0 bridgehead atoms. The van der Waals surface area contributed by atoms with Gasteiger partial charge in [-0.3, -0.25) is 9.78 Å². The van der Waals surface area contributed by atoms with Crippen molar-refractivity contribution < 1.29 is 4.79 Å². The summed E-state index contributed by atoms with van der Waals surface area (Å²) in [7, 11) is 1.79. The van der Waals surface area contributed by atoms with E-state index in [9.17, 15) is 4.79 Å². The van der Waals surface area contributed by atoms with Gasteiger partial charge in [0.1, 0.15) is 0 Å². The maximum atomic E-state index is 12.5. The summed E-state index contributed by atoms with van der Waals surface area (Å²) in [5.41, 5.74) is 3.96. The molecule has 2 heterocycles. The van der Waals surface area contributed by atoms with Crippen molar-refractivity contribution in [3.05, 3.63) is 53.9 Å². The van der Waals surface area contributed by atoms with Gasteiger partial charge in [0.2, 0.25) is 0 Å². The van der Waals surface area contributed by atoms with Crippen LogP contribution in [0.15, 0.2) is 42.7 Å². The predicted molar refractivity (Wildman–Crippen MR) is 80.2 cm³/mol. The van der Waals surface area contributed by atoms with Gasteiger partial charge in [0.15, 0.2) is 0 Å². The van der Waals surface area contributed by atoms with Crippen LogP contribution in [0.4, 0.5) is 11.4 Å². The van der Waals surface area contributed by atoms with Crippen molar-refractivity contribution in [2.45, 2.75) is 12.8 Å². The molecule has 102 valence electrons. The molecule has 4 nitrogen and oxygen atoms in total. The fourth-order valence-corrected chi connectivity index (χ4v) is 2.49. The van der Waals surface area contributed by atoms with Crippen molar-refractivity contribution in [3.8, 4) is 0 Å². The first-order chi connectivity index (χ1) is 9.75. The summed E-state index contributed by atoms with van der Waals surface area (Å²) >= 11 is 0. The summed E-state index contributed by atoms with van der Waals surface area (Å²) in [6.07, 6.45) is 5.53. The smallest absolute Gasteiger partial charge is 0.258 e. The van der Waals surface area contributed by atoms with Crippen LogP contribution in [-0.2, 0) is 6.42 Å². The van der Waals surface area contributed by atoms with E-state index in [0.717, 1.165) is 36.3 Å². The number of carbonyl (C=O) groups is 1. The summed E-state index contributed by atoms with van der Waals surface area (Å²) in [6.45, 7) is 1.01. The molecular formula is C16H17N3O. The Morgan fingerprint density at radius 2 is 2.05 bits per heavy atom. The van der Waals surface area contributed by atoms with Gasteiger partial charge in [-0.2, -0.15) is 0 Å².